The Morgan fingerprint density at radius 3 is 2.50 bits per heavy atom. The Kier molecular flexibility index (Phi) is 5.30. The molecular weight excluding hydrogens is 248 g/mol. The molecule has 0 atom stereocenters. The van der Waals surface area contributed by atoms with Crippen LogP contribution in [0.25, 0.3) is 10.8 Å². The lowest BCUT2D eigenvalue weighted by Crippen LogP contribution is -2.29. The van der Waals surface area contributed by atoms with Gasteiger partial charge < -0.3 is 10.2 Å². The minimum absolute atomic E-state index is 0.888. The Morgan fingerprint density at radius 2 is 1.80 bits per heavy atom. The van der Waals surface area contributed by atoms with Crippen LogP contribution >= 0.6 is 0 Å². The summed E-state index contributed by atoms with van der Waals surface area (Å²) in [5.41, 5.74) is 0.979. The molecule has 2 rings (SSSR count). The van der Waals surface area contributed by atoms with Crippen molar-refractivity contribution in [2.75, 3.05) is 31.5 Å². The maximum absolute atomic E-state index is 4.30. The summed E-state index contributed by atoms with van der Waals surface area (Å²) < 4.78 is 0. The van der Waals surface area contributed by atoms with Crippen LogP contribution in [0.4, 0.5) is 5.82 Å². The monoisotopic (exact) mass is 272 g/mol. The molecule has 0 aliphatic rings. The number of hydrogen-bond donors (Lipinski definition) is 1. The normalized spacial score (nSPS) is 11.2. The topological polar surface area (TPSA) is 41.0 Å². The molecule has 0 spiro atoms. The summed E-state index contributed by atoms with van der Waals surface area (Å²) in [6, 6.07) is 8.29. The van der Waals surface area contributed by atoms with Crippen LogP contribution in [0, 0.1) is 6.92 Å². The van der Waals surface area contributed by atoms with E-state index in [0.29, 0.717) is 0 Å². The van der Waals surface area contributed by atoms with Crippen molar-refractivity contribution in [1.29, 1.82) is 0 Å². The van der Waals surface area contributed by atoms with Gasteiger partial charge in [0.05, 0.1) is 5.69 Å². The lowest BCUT2D eigenvalue weighted by atomic mass is 10.1. The van der Waals surface area contributed by atoms with Gasteiger partial charge in [-0.05, 0) is 26.4 Å². The van der Waals surface area contributed by atoms with Crippen molar-refractivity contribution in [2.45, 2.75) is 27.2 Å². The minimum Gasteiger partial charge on any atom is -0.367 e. The molecule has 0 saturated heterocycles. The zero-order valence-corrected chi connectivity index (χ0v) is 12.7. The molecule has 2 aromatic rings. The highest BCUT2D eigenvalue weighted by atomic mass is 15.2. The molecule has 0 radical (unpaired) electrons. The Balaban J connectivity index is 2.05. The summed E-state index contributed by atoms with van der Waals surface area (Å²) in [6.07, 6.45) is 1.20. The molecule has 20 heavy (non-hydrogen) atoms. The molecule has 0 aliphatic carbocycles. The van der Waals surface area contributed by atoms with Crippen molar-refractivity contribution in [3.63, 3.8) is 0 Å². The number of rotatable bonds is 7. The Labute approximate surface area is 121 Å². The summed E-state index contributed by atoms with van der Waals surface area (Å²) in [5, 5.41) is 14.3. The van der Waals surface area contributed by atoms with Gasteiger partial charge in [-0.15, -0.1) is 5.10 Å². The predicted octanol–water partition coefficient (Wildman–Crippen LogP) is 3.08. The van der Waals surface area contributed by atoms with E-state index in [1.807, 2.05) is 19.1 Å². The summed E-state index contributed by atoms with van der Waals surface area (Å²) in [6.45, 7) is 10.6. The van der Waals surface area contributed by atoms with Crippen LogP contribution in [0.5, 0.6) is 0 Å². The molecule has 1 aromatic carbocycles. The first-order chi connectivity index (χ1) is 9.76. The second-order valence-electron chi connectivity index (χ2n) is 5.04. The van der Waals surface area contributed by atoms with E-state index in [1.165, 1.54) is 11.8 Å². The van der Waals surface area contributed by atoms with E-state index in [4.69, 9.17) is 0 Å². The first-order valence-electron chi connectivity index (χ1n) is 7.44. The maximum Gasteiger partial charge on any atom is 0.156 e. The van der Waals surface area contributed by atoms with Crippen LogP contribution in [0.1, 0.15) is 26.0 Å². The van der Waals surface area contributed by atoms with Crippen LogP contribution in [0.15, 0.2) is 24.3 Å². The molecule has 4 nitrogen and oxygen atoms in total. The van der Waals surface area contributed by atoms with Crippen LogP contribution < -0.4 is 5.32 Å². The molecule has 4 heteroatoms. The zero-order chi connectivity index (χ0) is 14.4. The number of hydrogen-bond acceptors (Lipinski definition) is 4. The van der Waals surface area contributed by atoms with Crippen LogP contribution in [0.2, 0.25) is 0 Å². The first-order valence-corrected chi connectivity index (χ1v) is 7.44. The van der Waals surface area contributed by atoms with Gasteiger partial charge in [0.15, 0.2) is 5.82 Å². The standard InChI is InChI=1S/C16H24N4/c1-4-11-20(5-2)12-10-17-16-15-9-7-6-8-14(15)13(3)18-19-16/h6-9H,4-5,10-12H2,1-3H3,(H,17,19). The fourth-order valence-corrected chi connectivity index (χ4v) is 2.45. The van der Waals surface area contributed by atoms with E-state index < -0.39 is 0 Å². The number of benzene rings is 1. The van der Waals surface area contributed by atoms with E-state index in [2.05, 4.69) is 46.4 Å². The van der Waals surface area contributed by atoms with Gasteiger partial charge in [-0.25, -0.2) is 0 Å². The SMILES string of the molecule is CCCN(CC)CCNc1nnc(C)c2ccccc12. The second-order valence-corrected chi connectivity index (χ2v) is 5.04. The molecule has 1 aromatic heterocycles. The number of aromatic nitrogens is 2. The highest BCUT2D eigenvalue weighted by molar-refractivity contribution is 5.92. The Bertz CT molecular complexity index is 553. The fraction of sp³-hybridized carbons (Fsp3) is 0.500. The molecule has 0 amide bonds. The van der Waals surface area contributed by atoms with E-state index in [-0.39, 0.29) is 0 Å². The molecule has 1 heterocycles. The summed E-state index contributed by atoms with van der Waals surface area (Å²) in [7, 11) is 0. The quantitative estimate of drug-likeness (QED) is 0.841. The van der Waals surface area contributed by atoms with E-state index in [9.17, 15) is 0 Å². The smallest absolute Gasteiger partial charge is 0.156 e. The summed E-state index contributed by atoms with van der Waals surface area (Å²) >= 11 is 0. The molecule has 0 saturated carbocycles. The fourth-order valence-electron chi connectivity index (χ4n) is 2.45. The third-order valence-corrected chi connectivity index (χ3v) is 3.58. The number of anilines is 1. The van der Waals surface area contributed by atoms with E-state index >= 15 is 0 Å². The Morgan fingerprint density at radius 1 is 1.05 bits per heavy atom. The summed E-state index contributed by atoms with van der Waals surface area (Å²) in [4.78, 5) is 2.44. The average Bonchev–Trinajstić information content (AvgIpc) is 2.49. The highest BCUT2D eigenvalue weighted by Gasteiger charge is 2.06. The van der Waals surface area contributed by atoms with Gasteiger partial charge in [0.2, 0.25) is 0 Å². The van der Waals surface area contributed by atoms with Crippen molar-refractivity contribution in [2.24, 2.45) is 0 Å². The van der Waals surface area contributed by atoms with Crippen LogP contribution in [-0.2, 0) is 0 Å². The van der Waals surface area contributed by atoms with Gasteiger partial charge in [-0.3, -0.25) is 0 Å². The van der Waals surface area contributed by atoms with E-state index in [1.54, 1.807) is 0 Å². The number of aryl methyl sites for hydroxylation is 1. The number of nitrogens with zero attached hydrogens (tertiary/aromatic N) is 3. The highest BCUT2D eigenvalue weighted by Crippen LogP contribution is 2.21. The maximum atomic E-state index is 4.30. The van der Waals surface area contributed by atoms with Gasteiger partial charge in [0, 0.05) is 23.9 Å². The first kappa shape index (κ1) is 14.7. The molecule has 0 fully saturated rings. The molecule has 0 aliphatic heterocycles. The van der Waals surface area contributed by atoms with Crippen molar-refractivity contribution in [3.05, 3.63) is 30.0 Å². The molecule has 0 bridgehead atoms. The van der Waals surface area contributed by atoms with E-state index in [0.717, 1.165) is 43.1 Å². The van der Waals surface area contributed by atoms with Crippen molar-refractivity contribution in [3.8, 4) is 0 Å². The van der Waals surface area contributed by atoms with Gasteiger partial charge in [-0.2, -0.15) is 5.10 Å². The average molecular weight is 272 g/mol. The number of likely N-dealkylation sites (N-methyl/N-ethyl adjacent to an activating group) is 1. The Hall–Kier alpha value is -1.68. The zero-order valence-electron chi connectivity index (χ0n) is 12.7. The number of nitrogens with one attached hydrogen (secondary N) is 1. The van der Waals surface area contributed by atoms with Crippen molar-refractivity contribution < 1.29 is 0 Å². The van der Waals surface area contributed by atoms with Crippen molar-refractivity contribution in [1.82, 2.24) is 15.1 Å². The van der Waals surface area contributed by atoms with Gasteiger partial charge in [0.25, 0.3) is 0 Å². The lowest BCUT2D eigenvalue weighted by Gasteiger charge is -2.19. The van der Waals surface area contributed by atoms with Crippen LogP contribution in [0.3, 0.4) is 0 Å². The van der Waals surface area contributed by atoms with Gasteiger partial charge in [-0.1, -0.05) is 38.1 Å². The third-order valence-electron chi connectivity index (χ3n) is 3.58. The van der Waals surface area contributed by atoms with Gasteiger partial charge >= 0.3 is 0 Å². The van der Waals surface area contributed by atoms with Crippen LogP contribution in [-0.4, -0.2) is 41.3 Å². The molecule has 1 N–H and O–H groups in total. The largest absolute Gasteiger partial charge is 0.367 e. The lowest BCUT2D eigenvalue weighted by molar-refractivity contribution is 0.300. The molecule has 108 valence electrons. The van der Waals surface area contributed by atoms with Crippen molar-refractivity contribution >= 4 is 16.6 Å². The minimum atomic E-state index is 0.888. The molecular formula is C16H24N4. The molecule has 0 unspecified atom stereocenters. The third kappa shape index (κ3) is 3.45. The van der Waals surface area contributed by atoms with Gasteiger partial charge in [0.1, 0.15) is 0 Å². The summed E-state index contributed by atoms with van der Waals surface area (Å²) in [5.74, 6) is 0.888. The predicted molar refractivity (Wildman–Crippen MR) is 85.2 cm³/mol. The number of fused-ring (bicyclic) bond motifs is 1. The second kappa shape index (κ2) is 7.20.